The van der Waals surface area contributed by atoms with Crippen LogP contribution in [0.15, 0.2) is 17.0 Å². The molecule has 0 N–H and O–H groups in total. The van der Waals surface area contributed by atoms with Crippen LogP contribution in [0.5, 0.6) is 0 Å². The van der Waals surface area contributed by atoms with Gasteiger partial charge in [0.2, 0.25) is 0 Å². The van der Waals surface area contributed by atoms with Crippen LogP contribution in [0.3, 0.4) is 0 Å². The monoisotopic (exact) mass is 328 g/mol. The first-order valence-electron chi connectivity index (χ1n) is 6.50. The number of hydrogen-bond donors (Lipinski definition) is 1. The van der Waals surface area contributed by atoms with E-state index in [9.17, 15) is 0 Å². The molecule has 0 fully saturated rings. The molecule has 0 bridgehead atoms. The van der Waals surface area contributed by atoms with Crippen LogP contribution >= 0.6 is 28.6 Å². The first kappa shape index (κ1) is 16.1. The maximum atomic E-state index is 4.80. The number of benzene rings is 1. The van der Waals surface area contributed by atoms with Crippen molar-refractivity contribution in [1.29, 1.82) is 0 Å². The molecular weight excluding hydrogens is 304 g/mol. The molecule has 2 heteroatoms. The Balaban J connectivity index is 3.48. The number of aryl methyl sites for hydroxylation is 1. The Bertz CT molecular complexity index is 387. The van der Waals surface area contributed by atoms with E-state index >= 15 is 0 Å². The van der Waals surface area contributed by atoms with Crippen molar-refractivity contribution in [3.63, 3.8) is 0 Å². The molecule has 0 unspecified atom stereocenters. The van der Waals surface area contributed by atoms with Crippen molar-refractivity contribution in [3.05, 3.63) is 28.8 Å². The lowest BCUT2D eigenvalue weighted by Crippen LogP contribution is -2.19. The molecule has 0 amide bonds. The van der Waals surface area contributed by atoms with E-state index in [1.807, 2.05) is 0 Å². The maximum absolute atomic E-state index is 4.80. The number of rotatable bonds is 2. The summed E-state index contributed by atoms with van der Waals surface area (Å²) in [7, 11) is 0. The lowest BCUT2D eigenvalue weighted by Gasteiger charge is -2.29. The van der Waals surface area contributed by atoms with Crippen LogP contribution in [0, 0.1) is 0 Å². The van der Waals surface area contributed by atoms with Gasteiger partial charge in [0.1, 0.15) is 0 Å². The minimum absolute atomic E-state index is 0.138. The average Bonchev–Trinajstić information content (AvgIpc) is 2.17. The largest absolute Gasteiger partial charge is 0.143 e. The summed E-state index contributed by atoms with van der Waals surface area (Å²) < 4.78 is 0. The zero-order chi connectivity index (χ0) is 14.1. The minimum Gasteiger partial charge on any atom is -0.143 e. The van der Waals surface area contributed by atoms with E-state index in [0.717, 1.165) is 16.6 Å². The second-order valence-corrected chi connectivity index (χ2v) is 8.22. The third kappa shape index (κ3) is 3.77. The summed E-state index contributed by atoms with van der Waals surface area (Å²) in [6, 6.07) is 4.64. The van der Waals surface area contributed by atoms with Gasteiger partial charge in [-0.05, 0) is 33.9 Å². The van der Waals surface area contributed by atoms with Gasteiger partial charge in [-0.25, -0.2) is 0 Å². The molecule has 1 rings (SSSR count). The van der Waals surface area contributed by atoms with Gasteiger partial charge in [0.15, 0.2) is 0 Å². The van der Waals surface area contributed by atoms with Gasteiger partial charge in [0.05, 0.1) is 0 Å². The normalized spacial score (nSPS) is 12.9. The van der Waals surface area contributed by atoms with Crippen LogP contribution < -0.4 is 0 Å². The van der Waals surface area contributed by atoms with Crippen LogP contribution in [0.4, 0.5) is 0 Å². The zero-order valence-electron chi connectivity index (χ0n) is 12.4. The van der Waals surface area contributed by atoms with Crippen molar-refractivity contribution in [1.82, 2.24) is 0 Å². The summed E-state index contributed by atoms with van der Waals surface area (Å²) in [4.78, 5) is 1.16. The predicted molar refractivity (Wildman–Crippen MR) is 88.6 cm³/mol. The molecule has 0 atom stereocenters. The lowest BCUT2D eigenvalue weighted by atomic mass is 9.79. The van der Waals surface area contributed by atoms with E-state index in [4.69, 9.17) is 12.6 Å². The molecule has 0 heterocycles. The predicted octanol–water partition coefficient (Wildman–Crippen LogP) is 5.51. The molecule has 0 spiro atoms. The lowest BCUT2D eigenvalue weighted by molar-refractivity contribution is 0.545. The fraction of sp³-hybridized carbons (Fsp3) is 0.625. The van der Waals surface area contributed by atoms with E-state index in [1.54, 1.807) is 0 Å². The Morgan fingerprint density at radius 1 is 0.944 bits per heavy atom. The molecule has 0 aromatic heterocycles. The number of thiol groups is 1. The van der Waals surface area contributed by atoms with Crippen LogP contribution in [0.25, 0.3) is 0 Å². The number of halogens is 1. The van der Waals surface area contributed by atoms with Gasteiger partial charge in [0, 0.05) is 10.2 Å². The highest BCUT2D eigenvalue weighted by atomic mass is 79.9. The number of alkyl halides is 1. The van der Waals surface area contributed by atoms with Gasteiger partial charge in [0.25, 0.3) is 0 Å². The Morgan fingerprint density at radius 2 is 1.33 bits per heavy atom. The van der Waals surface area contributed by atoms with Crippen LogP contribution in [0.2, 0.25) is 0 Å². The molecule has 0 nitrogen and oxygen atoms in total. The molecule has 0 aliphatic carbocycles. The van der Waals surface area contributed by atoms with Crippen molar-refractivity contribution < 1.29 is 0 Å². The fourth-order valence-corrected chi connectivity index (χ4v) is 3.35. The second kappa shape index (κ2) is 5.58. The molecule has 18 heavy (non-hydrogen) atoms. The highest BCUT2D eigenvalue weighted by Gasteiger charge is 2.24. The minimum atomic E-state index is 0.138. The first-order chi connectivity index (χ1) is 8.07. The van der Waals surface area contributed by atoms with E-state index in [1.165, 1.54) is 16.7 Å². The molecule has 102 valence electrons. The summed E-state index contributed by atoms with van der Waals surface area (Å²) in [6.45, 7) is 13.5. The van der Waals surface area contributed by atoms with Gasteiger partial charge in [-0.15, -0.1) is 12.6 Å². The Kier molecular flexibility index (Phi) is 4.99. The van der Waals surface area contributed by atoms with E-state index < -0.39 is 0 Å². The molecule has 0 saturated heterocycles. The van der Waals surface area contributed by atoms with Crippen molar-refractivity contribution in [2.45, 2.75) is 63.7 Å². The SMILES string of the molecule is CC(C)(C)c1cc(CCBr)cc(C(C)(C)C)c1S. The third-order valence-electron chi connectivity index (χ3n) is 3.17. The van der Waals surface area contributed by atoms with Crippen molar-refractivity contribution in [2.24, 2.45) is 0 Å². The highest BCUT2D eigenvalue weighted by Crippen LogP contribution is 2.37. The molecule has 1 aromatic rings. The van der Waals surface area contributed by atoms with Gasteiger partial charge in [-0.3, -0.25) is 0 Å². The quantitative estimate of drug-likeness (QED) is 0.537. The Morgan fingerprint density at radius 3 is 1.61 bits per heavy atom. The average molecular weight is 329 g/mol. The summed E-state index contributed by atoms with van der Waals surface area (Å²) >= 11 is 8.34. The fourth-order valence-electron chi connectivity index (χ4n) is 2.09. The smallest absolute Gasteiger partial charge is 0.0115 e. The van der Waals surface area contributed by atoms with Crippen molar-refractivity contribution in [2.75, 3.05) is 5.33 Å². The number of hydrogen-bond acceptors (Lipinski definition) is 1. The first-order valence-corrected chi connectivity index (χ1v) is 8.07. The molecule has 0 aliphatic heterocycles. The van der Waals surface area contributed by atoms with Gasteiger partial charge >= 0.3 is 0 Å². The van der Waals surface area contributed by atoms with Crippen LogP contribution in [0.1, 0.15) is 58.2 Å². The van der Waals surface area contributed by atoms with Gasteiger partial charge in [-0.2, -0.15) is 0 Å². The summed E-state index contributed by atoms with van der Waals surface area (Å²) in [5.74, 6) is 0. The topological polar surface area (TPSA) is 0 Å². The second-order valence-electron chi connectivity index (χ2n) is 6.98. The maximum Gasteiger partial charge on any atom is 0.0115 e. The van der Waals surface area contributed by atoms with E-state index in [0.29, 0.717) is 0 Å². The highest BCUT2D eigenvalue weighted by molar-refractivity contribution is 9.09. The summed E-state index contributed by atoms with van der Waals surface area (Å²) in [6.07, 6.45) is 1.07. The molecule has 0 saturated carbocycles. The van der Waals surface area contributed by atoms with Gasteiger partial charge in [-0.1, -0.05) is 69.6 Å². The third-order valence-corrected chi connectivity index (χ3v) is 4.05. The molecule has 0 radical (unpaired) electrons. The molecule has 1 aromatic carbocycles. The van der Waals surface area contributed by atoms with E-state index in [-0.39, 0.29) is 10.8 Å². The van der Waals surface area contributed by atoms with Crippen LogP contribution in [-0.4, -0.2) is 5.33 Å². The summed E-state index contributed by atoms with van der Waals surface area (Å²) in [5, 5.41) is 1.01. The van der Waals surface area contributed by atoms with Crippen molar-refractivity contribution >= 4 is 28.6 Å². The molecular formula is C16H25BrS. The Labute approximate surface area is 126 Å². The Hall–Kier alpha value is 0.0500. The van der Waals surface area contributed by atoms with Crippen molar-refractivity contribution in [3.8, 4) is 0 Å². The van der Waals surface area contributed by atoms with Gasteiger partial charge < -0.3 is 0 Å². The summed E-state index contributed by atoms with van der Waals surface area (Å²) in [5.41, 5.74) is 4.39. The zero-order valence-corrected chi connectivity index (χ0v) is 14.9. The standard InChI is InChI=1S/C16H25BrS/c1-15(2,3)12-9-11(7-8-17)10-13(14(12)18)16(4,5)6/h9-10,18H,7-8H2,1-6H3. The van der Waals surface area contributed by atoms with E-state index in [2.05, 4.69) is 69.6 Å². The van der Waals surface area contributed by atoms with Crippen LogP contribution in [-0.2, 0) is 17.3 Å². The molecule has 0 aliphatic rings.